The minimum atomic E-state index is -0.424. The molecule has 1 aliphatic rings. The molecule has 0 radical (unpaired) electrons. The number of hydrogen-bond acceptors (Lipinski definition) is 6. The van der Waals surface area contributed by atoms with Crippen molar-refractivity contribution in [2.24, 2.45) is 0 Å². The summed E-state index contributed by atoms with van der Waals surface area (Å²) in [7, 11) is 3.27. The van der Waals surface area contributed by atoms with Crippen molar-refractivity contribution in [3.63, 3.8) is 0 Å². The van der Waals surface area contributed by atoms with E-state index in [1.807, 2.05) is 12.1 Å². The van der Waals surface area contributed by atoms with E-state index in [9.17, 15) is 10.1 Å². The van der Waals surface area contributed by atoms with Gasteiger partial charge in [-0.25, -0.2) is 0 Å². The molecule has 0 N–H and O–H groups in total. The molecule has 0 bridgehead atoms. The SMILES string of the molecule is COc1cc2c(cc1OC)CN(CCOc1ccccc1[N+](=O)[O-])CC2.Cl. The summed E-state index contributed by atoms with van der Waals surface area (Å²) < 4.78 is 16.4. The maximum atomic E-state index is 11.0. The maximum absolute atomic E-state index is 11.0. The topological polar surface area (TPSA) is 74.1 Å². The molecule has 8 heteroatoms. The average molecular weight is 395 g/mol. The van der Waals surface area contributed by atoms with Gasteiger partial charge in [0.1, 0.15) is 6.61 Å². The Balaban J connectivity index is 0.00000261. The van der Waals surface area contributed by atoms with Gasteiger partial charge < -0.3 is 14.2 Å². The first-order valence-electron chi connectivity index (χ1n) is 8.44. The highest BCUT2D eigenvalue weighted by atomic mass is 35.5. The quantitative estimate of drug-likeness (QED) is 0.528. The third-order valence-electron chi connectivity index (χ3n) is 4.52. The third kappa shape index (κ3) is 4.81. The van der Waals surface area contributed by atoms with Crippen molar-refractivity contribution in [3.05, 3.63) is 57.6 Å². The van der Waals surface area contributed by atoms with Gasteiger partial charge in [-0.1, -0.05) is 12.1 Å². The summed E-state index contributed by atoms with van der Waals surface area (Å²) >= 11 is 0. The molecule has 3 rings (SSSR count). The number of halogens is 1. The summed E-state index contributed by atoms with van der Waals surface area (Å²) in [4.78, 5) is 12.9. The number of benzene rings is 2. The molecule has 1 aliphatic heterocycles. The highest BCUT2D eigenvalue weighted by Crippen LogP contribution is 2.33. The normalized spacial score (nSPS) is 13.3. The number of para-hydroxylation sites is 2. The van der Waals surface area contributed by atoms with Gasteiger partial charge in [-0.15, -0.1) is 12.4 Å². The van der Waals surface area contributed by atoms with E-state index < -0.39 is 4.92 Å². The van der Waals surface area contributed by atoms with Crippen molar-refractivity contribution in [2.45, 2.75) is 13.0 Å². The summed E-state index contributed by atoms with van der Waals surface area (Å²) in [5.41, 5.74) is 2.46. The van der Waals surface area contributed by atoms with Crippen molar-refractivity contribution in [1.29, 1.82) is 0 Å². The Morgan fingerprint density at radius 1 is 1.07 bits per heavy atom. The Labute approximate surface area is 164 Å². The fraction of sp³-hybridized carbons (Fsp3) is 0.368. The Morgan fingerprint density at radius 3 is 2.41 bits per heavy atom. The smallest absolute Gasteiger partial charge is 0.310 e. The number of hydrogen-bond donors (Lipinski definition) is 0. The fourth-order valence-electron chi connectivity index (χ4n) is 3.15. The van der Waals surface area contributed by atoms with Crippen molar-refractivity contribution < 1.29 is 19.1 Å². The lowest BCUT2D eigenvalue weighted by atomic mass is 9.99. The monoisotopic (exact) mass is 394 g/mol. The second kappa shape index (κ2) is 9.43. The number of methoxy groups -OCH3 is 2. The minimum Gasteiger partial charge on any atom is -0.493 e. The van der Waals surface area contributed by atoms with Gasteiger partial charge in [0.2, 0.25) is 0 Å². The first kappa shape index (κ1) is 20.8. The van der Waals surface area contributed by atoms with Gasteiger partial charge >= 0.3 is 5.69 Å². The number of nitro groups is 1. The summed E-state index contributed by atoms with van der Waals surface area (Å²) in [6.45, 7) is 2.78. The molecule has 0 atom stereocenters. The van der Waals surface area contributed by atoms with Crippen molar-refractivity contribution in [3.8, 4) is 17.2 Å². The lowest BCUT2D eigenvalue weighted by Crippen LogP contribution is -2.33. The molecule has 2 aromatic rings. The van der Waals surface area contributed by atoms with Crippen LogP contribution in [0.1, 0.15) is 11.1 Å². The van der Waals surface area contributed by atoms with Crippen LogP contribution < -0.4 is 14.2 Å². The molecule has 0 fully saturated rings. The van der Waals surface area contributed by atoms with E-state index in [0.29, 0.717) is 18.9 Å². The Morgan fingerprint density at radius 2 is 1.74 bits per heavy atom. The van der Waals surface area contributed by atoms with Gasteiger partial charge in [0.05, 0.1) is 19.1 Å². The number of rotatable bonds is 7. The van der Waals surface area contributed by atoms with Gasteiger partial charge in [-0.05, 0) is 35.7 Å². The molecule has 27 heavy (non-hydrogen) atoms. The predicted octanol–water partition coefficient (Wildman–Crippen LogP) is 3.47. The van der Waals surface area contributed by atoms with E-state index in [2.05, 4.69) is 4.90 Å². The van der Waals surface area contributed by atoms with Crippen molar-refractivity contribution in [1.82, 2.24) is 4.90 Å². The van der Waals surface area contributed by atoms with E-state index in [-0.39, 0.29) is 18.1 Å². The Hall–Kier alpha value is -2.51. The van der Waals surface area contributed by atoms with Gasteiger partial charge in [-0.2, -0.15) is 0 Å². The molecule has 0 saturated heterocycles. The van der Waals surface area contributed by atoms with E-state index in [1.165, 1.54) is 17.2 Å². The Kier molecular flexibility index (Phi) is 7.27. The zero-order chi connectivity index (χ0) is 18.5. The average Bonchev–Trinajstić information content (AvgIpc) is 2.67. The summed E-state index contributed by atoms with van der Waals surface area (Å²) in [6.07, 6.45) is 0.918. The molecule has 7 nitrogen and oxygen atoms in total. The first-order chi connectivity index (χ1) is 12.6. The maximum Gasteiger partial charge on any atom is 0.310 e. The zero-order valence-corrected chi connectivity index (χ0v) is 16.2. The highest BCUT2D eigenvalue weighted by Gasteiger charge is 2.20. The second-order valence-electron chi connectivity index (χ2n) is 6.08. The number of fused-ring (bicyclic) bond motifs is 1. The molecule has 0 spiro atoms. The van der Waals surface area contributed by atoms with Crippen LogP contribution in [0.5, 0.6) is 17.2 Å². The second-order valence-corrected chi connectivity index (χ2v) is 6.08. The van der Waals surface area contributed by atoms with E-state index in [0.717, 1.165) is 31.0 Å². The standard InChI is InChI=1S/C19H22N2O5.ClH/c1-24-18-11-14-7-8-20(13-15(14)12-19(18)25-2)9-10-26-17-6-4-3-5-16(17)21(22)23;/h3-6,11-12H,7-10,13H2,1-2H3;1H. The van der Waals surface area contributed by atoms with E-state index in [1.54, 1.807) is 32.4 Å². The van der Waals surface area contributed by atoms with E-state index >= 15 is 0 Å². The highest BCUT2D eigenvalue weighted by molar-refractivity contribution is 5.85. The van der Waals surface area contributed by atoms with Crippen LogP contribution in [0.4, 0.5) is 5.69 Å². The summed E-state index contributed by atoms with van der Waals surface area (Å²) in [6, 6.07) is 10.5. The van der Waals surface area contributed by atoms with Gasteiger partial charge in [-0.3, -0.25) is 15.0 Å². The van der Waals surface area contributed by atoms with Crippen LogP contribution in [-0.2, 0) is 13.0 Å². The lowest BCUT2D eigenvalue weighted by molar-refractivity contribution is -0.385. The van der Waals surface area contributed by atoms with Crippen molar-refractivity contribution in [2.75, 3.05) is 33.9 Å². The lowest BCUT2D eigenvalue weighted by Gasteiger charge is -2.29. The third-order valence-corrected chi connectivity index (χ3v) is 4.52. The number of ether oxygens (including phenoxy) is 3. The van der Waals surface area contributed by atoms with Gasteiger partial charge in [0.25, 0.3) is 0 Å². The molecular formula is C19H23ClN2O5. The van der Waals surface area contributed by atoms with E-state index in [4.69, 9.17) is 14.2 Å². The fourth-order valence-corrected chi connectivity index (χ4v) is 3.15. The van der Waals surface area contributed by atoms with Crippen LogP contribution in [0, 0.1) is 10.1 Å². The zero-order valence-electron chi connectivity index (χ0n) is 15.3. The largest absolute Gasteiger partial charge is 0.493 e. The predicted molar refractivity (Wildman–Crippen MR) is 104 cm³/mol. The molecule has 0 aromatic heterocycles. The van der Waals surface area contributed by atoms with Gasteiger partial charge in [0.15, 0.2) is 17.2 Å². The summed E-state index contributed by atoms with van der Waals surface area (Å²) in [5, 5.41) is 11.0. The molecule has 0 saturated carbocycles. The number of nitro benzene ring substituents is 1. The first-order valence-corrected chi connectivity index (χ1v) is 8.44. The van der Waals surface area contributed by atoms with Crippen LogP contribution >= 0.6 is 12.4 Å². The minimum absolute atomic E-state index is 0. The van der Waals surface area contributed by atoms with Gasteiger partial charge in [0, 0.05) is 25.7 Å². The molecule has 0 unspecified atom stereocenters. The van der Waals surface area contributed by atoms with Crippen LogP contribution in [0.2, 0.25) is 0 Å². The van der Waals surface area contributed by atoms with Crippen LogP contribution in [0.15, 0.2) is 36.4 Å². The molecular weight excluding hydrogens is 372 g/mol. The van der Waals surface area contributed by atoms with Crippen molar-refractivity contribution >= 4 is 18.1 Å². The Bertz CT molecular complexity index is 800. The molecule has 0 aliphatic carbocycles. The summed E-state index contributed by atoms with van der Waals surface area (Å²) in [5.74, 6) is 1.78. The molecule has 1 heterocycles. The number of nitrogens with zero attached hydrogens (tertiary/aromatic N) is 2. The van der Waals surface area contributed by atoms with Crippen LogP contribution in [-0.4, -0.2) is 43.7 Å². The van der Waals surface area contributed by atoms with Crippen LogP contribution in [0.25, 0.3) is 0 Å². The molecule has 146 valence electrons. The molecule has 0 amide bonds. The van der Waals surface area contributed by atoms with Crippen LogP contribution in [0.3, 0.4) is 0 Å². The molecule has 2 aromatic carbocycles.